The van der Waals surface area contributed by atoms with Gasteiger partial charge >= 0.3 is 6.03 Å². The number of methoxy groups -OCH3 is 1. The van der Waals surface area contributed by atoms with Crippen LogP contribution in [0.3, 0.4) is 0 Å². The second-order valence-corrected chi connectivity index (χ2v) is 4.71. The zero-order valence-electron chi connectivity index (χ0n) is 11.2. The van der Waals surface area contributed by atoms with Crippen molar-refractivity contribution in [2.75, 3.05) is 12.4 Å². The lowest BCUT2D eigenvalue weighted by molar-refractivity contribution is 0.103. The highest BCUT2D eigenvalue weighted by molar-refractivity contribution is 5.89. The van der Waals surface area contributed by atoms with Crippen LogP contribution in [-0.2, 0) is 0 Å². The fraction of sp³-hybridized carbons (Fsp3) is 0.462. The summed E-state index contributed by atoms with van der Waals surface area (Å²) in [6.07, 6.45) is -0.640. The van der Waals surface area contributed by atoms with Crippen molar-refractivity contribution in [1.82, 2.24) is 5.32 Å². The minimum atomic E-state index is -0.684. The highest BCUT2D eigenvalue weighted by Gasteiger charge is 2.25. The molecule has 0 aliphatic carbocycles. The zero-order chi connectivity index (χ0) is 13.8. The zero-order valence-corrected chi connectivity index (χ0v) is 11.2. The summed E-state index contributed by atoms with van der Waals surface area (Å²) in [6.45, 7) is 5.14. The molecule has 0 radical (unpaired) electrons. The van der Waals surface area contributed by atoms with Gasteiger partial charge < -0.3 is 20.5 Å². The molecule has 0 aliphatic rings. The van der Waals surface area contributed by atoms with Gasteiger partial charge in [-0.1, -0.05) is 0 Å². The number of amides is 2. The van der Waals surface area contributed by atoms with Crippen molar-refractivity contribution >= 4 is 11.7 Å². The number of carbonyl (C=O) groups excluding carboxylic acids is 1. The van der Waals surface area contributed by atoms with Crippen LogP contribution < -0.4 is 15.4 Å². The van der Waals surface area contributed by atoms with Crippen molar-refractivity contribution in [2.45, 2.75) is 32.4 Å². The molecule has 5 heteroatoms. The average Bonchev–Trinajstić information content (AvgIpc) is 2.29. The second-order valence-electron chi connectivity index (χ2n) is 4.71. The predicted octanol–water partition coefficient (Wildman–Crippen LogP) is 1.98. The van der Waals surface area contributed by atoms with Crippen LogP contribution >= 0.6 is 0 Å². The van der Waals surface area contributed by atoms with Gasteiger partial charge in [0.25, 0.3) is 0 Å². The van der Waals surface area contributed by atoms with Crippen molar-refractivity contribution in [2.24, 2.45) is 0 Å². The van der Waals surface area contributed by atoms with Gasteiger partial charge in [-0.3, -0.25) is 0 Å². The van der Waals surface area contributed by atoms with Crippen molar-refractivity contribution in [3.8, 4) is 5.75 Å². The number of carbonyl (C=O) groups is 1. The van der Waals surface area contributed by atoms with Gasteiger partial charge in [0.15, 0.2) is 0 Å². The molecule has 2 amide bonds. The molecule has 0 saturated carbocycles. The Kier molecular flexibility index (Phi) is 4.55. The molecule has 0 bridgehead atoms. The Morgan fingerprint density at radius 2 is 1.89 bits per heavy atom. The summed E-state index contributed by atoms with van der Waals surface area (Å²) in [7, 11) is 1.58. The molecule has 0 saturated heterocycles. The molecule has 0 fully saturated rings. The van der Waals surface area contributed by atoms with Crippen LogP contribution in [0.5, 0.6) is 5.75 Å². The summed E-state index contributed by atoms with van der Waals surface area (Å²) in [5.74, 6) is 0.727. The van der Waals surface area contributed by atoms with Crippen molar-refractivity contribution in [1.29, 1.82) is 0 Å². The fourth-order valence-corrected chi connectivity index (χ4v) is 1.23. The first-order valence-corrected chi connectivity index (χ1v) is 5.76. The number of hydrogen-bond acceptors (Lipinski definition) is 3. The maximum absolute atomic E-state index is 11.7. The van der Waals surface area contributed by atoms with E-state index in [0.717, 1.165) is 5.75 Å². The summed E-state index contributed by atoms with van der Waals surface area (Å²) >= 11 is 0. The van der Waals surface area contributed by atoms with Gasteiger partial charge in [0, 0.05) is 5.69 Å². The second kappa shape index (κ2) is 5.73. The Morgan fingerprint density at radius 1 is 1.33 bits per heavy atom. The smallest absolute Gasteiger partial charge is 0.319 e. The highest BCUT2D eigenvalue weighted by Crippen LogP contribution is 2.15. The van der Waals surface area contributed by atoms with Gasteiger partial charge in [-0.2, -0.15) is 0 Å². The molecule has 100 valence electrons. The molecule has 1 atom stereocenters. The fourth-order valence-electron chi connectivity index (χ4n) is 1.23. The molecule has 5 nitrogen and oxygen atoms in total. The first-order chi connectivity index (χ1) is 8.35. The Labute approximate surface area is 107 Å². The molecule has 1 unspecified atom stereocenters. The summed E-state index contributed by atoms with van der Waals surface area (Å²) in [5, 5.41) is 14.9. The largest absolute Gasteiger partial charge is 0.497 e. The highest BCUT2D eigenvalue weighted by atomic mass is 16.5. The SMILES string of the molecule is COc1ccc(NC(=O)NC(C)(C)C(C)O)cc1. The van der Waals surface area contributed by atoms with E-state index in [-0.39, 0.29) is 6.03 Å². The maximum Gasteiger partial charge on any atom is 0.319 e. The van der Waals surface area contributed by atoms with Crippen LogP contribution in [0.2, 0.25) is 0 Å². The lowest BCUT2D eigenvalue weighted by Gasteiger charge is -2.29. The summed E-state index contributed by atoms with van der Waals surface area (Å²) in [4.78, 5) is 11.7. The van der Waals surface area contributed by atoms with Crippen LogP contribution in [0, 0.1) is 0 Å². The first kappa shape index (κ1) is 14.3. The number of hydrogen-bond donors (Lipinski definition) is 3. The van der Waals surface area contributed by atoms with Gasteiger partial charge in [0.2, 0.25) is 0 Å². The van der Waals surface area contributed by atoms with E-state index in [9.17, 15) is 9.90 Å². The van der Waals surface area contributed by atoms with E-state index in [4.69, 9.17) is 4.74 Å². The Hall–Kier alpha value is -1.75. The van der Waals surface area contributed by atoms with Crippen molar-refractivity contribution < 1.29 is 14.6 Å². The predicted molar refractivity (Wildman–Crippen MR) is 70.9 cm³/mol. The number of rotatable bonds is 4. The number of urea groups is 1. The topological polar surface area (TPSA) is 70.6 Å². The van der Waals surface area contributed by atoms with Crippen molar-refractivity contribution in [3.05, 3.63) is 24.3 Å². The first-order valence-electron chi connectivity index (χ1n) is 5.76. The van der Waals surface area contributed by atoms with Gasteiger partial charge in [-0.25, -0.2) is 4.79 Å². The van der Waals surface area contributed by atoms with E-state index in [1.165, 1.54) is 0 Å². The third-order valence-corrected chi connectivity index (χ3v) is 2.83. The van der Waals surface area contributed by atoms with Gasteiger partial charge in [-0.05, 0) is 45.0 Å². The number of benzene rings is 1. The number of nitrogens with one attached hydrogen (secondary N) is 2. The monoisotopic (exact) mass is 252 g/mol. The Bertz CT molecular complexity index is 399. The average molecular weight is 252 g/mol. The van der Waals surface area contributed by atoms with E-state index >= 15 is 0 Å². The summed E-state index contributed by atoms with van der Waals surface area (Å²) in [5.41, 5.74) is -0.0222. The minimum absolute atomic E-state index is 0.355. The molecule has 1 aromatic rings. The Morgan fingerprint density at radius 3 is 2.33 bits per heavy atom. The lowest BCUT2D eigenvalue weighted by Crippen LogP contribution is -2.52. The molecule has 3 N–H and O–H groups in total. The van der Waals surface area contributed by atoms with E-state index in [2.05, 4.69) is 10.6 Å². The molecule has 1 rings (SSSR count). The molecule has 0 heterocycles. The molecular weight excluding hydrogens is 232 g/mol. The molecule has 0 aromatic heterocycles. The molecular formula is C13H20N2O3. The van der Waals surface area contributed by atoms with Gasteiger partial charge in [-0.15, -0.1) is 0 Å². The lowest BCUT2D eigenvalue weighted by atomic mass is 9.99. The molecule has 0 aliphatic heterocycles. The van der Waals surface area contributed by atoms with Crippen LogP contribution in [0.1, 0.15) is 20.8 Å². The van der Waals surface area contributed by atoms with Crippen molar-refractivity contribution in [3.63, 3.8) is 0 Å². The van der Waals surface area contributed by atoms with Crippen LogP contribution in [0.4, 0.5) is 10.5 Å². The minimum Gasteiger partial charge on any atom is -0.497 e. The van der Waals surface area contributed by atoms with Crippen LogP contribution in [-0.4, -0.2) is 29.9 Å². The normalized spacial score (nSPS) is 12.7. The summed E-state index contributed by atoms with van der Waals surface area (Å²) in [6, 6.07) is 6.65. The molecule has 1 aromatic carbocycles. The van der Waals surface area contributed by atoms with E-state index in [0.29, 0.717) is 5.69 Å². The number of aliphatic hydroxyl groups excluding tert-OH is 1. The standard InChI is InChI=1S/C13H20N2O3/c1-9(16)13(2,3)15-12(17)14-10-5-7-11(18-4)8-6-10/h5-9,16H,1-4H3,(H2,14,15,17). The summed E-state index contributed by atoms with van der Waals surface area (Å²) < 4.78 is 5.02. The van der Waals surface area contributed by atoms with Crippen LogP contribution in [0.25, 0.3) is 0 Å². The van der Waals surface area contributed by atoms with E-state index < -0.39 is 11.6 Å². The van der Waals surface area contributed by atoms with E-state index in [1.54, 1.807) is 52.1 Å². The number of aliphatic hydroxyl groups is 1. The maximum atomic E-state index is 11.7. The quantitative estimate of drug-likeness (QED) is 0.767. The van der Waals surface area contributed by atoms with Gasteiger partial charge in [0.05, 0.1) is 18.8 Å². The van der Waals surface area contributed by atoms with Crippen LogP contribution in [0.15, 0.2) is 24.3 Å². The number of ether oxygens (including phenoxy) is 1. The van der Waals surface area contributed by atoms with Gasteiger partial charge in [0.1, 0.15) is 5.75 Å². The van der Waals surface area contributed by atoms with E-state index in [1.807, 2.05) is 0 Å². The number of anilines is 1. The third kappa shape index (κ3) is 3.92. The molecule has 0 spiro atoms. The third-order valence-electron chi connectivity index (χ3n) is 2.83. The molecule has 18 heavy (non-hydrogen) atoms. The Balaban J connectivity index is 2.59.